The molecule has 0 aromatic heterocycles. The van der Waals surface area contributed by atoms with Gasteiger partial charge in [-0.15, -0.1) is 78.4 Å². The van der Waals surface area contributed by atoms with E-state index >= 15 is 0 Å². The van der Waals surface area contributed by atoms with Crippen molar-refractivity contribution >= 4 is 32.4 Å². The van der Waals surface area contributed by atoms with Crippen LogP contribution in [0.5, 0.6) is 23.0 Å². The van der Waals surface area contributed by atoms with Gasteiger partial charge in [0.1, 0.15) is 6.29 Å². The smallest absolute Gasteiger partial charge is 0.305 e. The number of benzene rings is 6. The number of allylic oxidation sites excluding steroid dienone is 3. The molecule has 10 nitrogen and oxygen atoms in total. The Labute approximate surface area is 699 Å². The summed E-state index contributed by atoms with van der Waals surface area (Å²) in [4.78, 5) is 20.8. The normalized spacial score (nSPS) is 8.43. The number of phenolic OH excluding ortho intramolecular Hbond substituents is 2. The van der Waals surface area contributed by atoms with Gasteiger partial charge >= 0.3 is 5.97 Å². The topological polar surface area (TPSA) is 163 Å². The molecule has 0 saturated heterocycles. The number of aromatic hydroxyl groups is 2. The molecule has 0 bridgehead atoms. The zero-order chi connectivity index (χ0) is 59.7. The molecule has 89 heavy (non-hydrogen) atoms. The van der Waals surface area contributed by atoms with E-state index < -0.39 is 5.97 Å². The Morgan fingerprint density at radius 2 is 0.888 bits per heavy atom. The van der Waals surface area contributed by atoms with Crippen molar-refractivity contribution in [2.24, 2.45) is 0 Å². The molecule has 1 fully saturated rings. The first-order valence-corrected chi connectivity index (χ1v) is 26.8. The Bertz CT molecular complexity index is 2470. The molecule has 0 aliphatic heterocycles. The standard InChI is InChI=1S/C11H13.2C10H11O2.2C10H11O.C7H7O.C4H8.C3H6.C2H6S.4CH4.B.H2O3.6Y/c1-4-6-11-9(2)7-5-8-10(11)3;1-8-4-3-5-10(12-2)9(8)6-7-11;1-7-4-3-5-8(2)9(7)6-10(11)12;1-3-7-11-10-6-4-5-9(2)8-10;1-3-5-9-8(2)6-4-7-10(9)11;1-6-3-2-4-7(8)5-6;1-3-4-2;1-2-3-1;1-3-2;;;;;;1-3-2;;;;;;/h4,7-8H,1,6H2,2-3H3;4-5,7H,6H2,1-2H3;4-5H,6H2,1-2H3,(H,11,12);3,5-6,8H,1,7H2,2H3;3,6-7,11H,1,5H2,2H3;3-5,8H,1H3;3H,1,4H2,2H3;1-3H2;1-2H3;4*1H4;;1-2H;;;;;;/q6*-1;;;;;;;;;;;;;;;. The molecule has 0 amide bonds. The van der Waals surface area contributed by atoms with Crippen LogP contribution in [-0.4, -0.2) is 72.7 Å². The SMILES string of the molecule is C.C.C.C.C1CC1.C=CCC.C=CCOc1c[c-]cc(C)c1.C=CCc1c(C)c[c-]cc1C.C=CCc1c(C)c[c-]cc1O.COc1c[c-]cc(C)c1CC=O.CSC.Cc1c[c-]cc(C)c1CC(=O)O.Cc1c[c-]cc(O)c1.OOO.[B].[Y].[Y].[Y].[Y].[Y].[Y]. The maximum atomic E-state index is 10.5. The maximum absolute atomic E-state index is 10.5. The van der Waals surface area contributed by atoms with Gasteiger partial charge in [-0.2, -0.15) is 141 Å². The number of phenols is 2. The van der Waals surface area contributed by atoms with Crippen LogP contribution in [0.15, 0.2) is 136 Å². The number of thioether (sulfide) groups is 1. The second kappa shape index (κ2) is 83.6. The quantitative estimate of drug-likeness (QED) is 0.0187. The summed E-state index contributed by atoms with van der Waals surface area (Å²) in [6, 6.07) is 43.0. The van der Waals surface area contributed by atoms with E-state index in [1.165, 1.54) is 42.0 Å². The van der Waals surface area contributed by atoms with Crippen LogP contribution in [0.25, 0.3) is 0 Å². The minimum Gasteiger partial charge on any atom is -0.566 e. The van der Waals surface area contributed by atoms with E-state index in [9.17, 15) is 14.7 Å². The van der Waals surface area contributed by atoms with Crippen molar-refractivity contribution in [3.05, 3.63) is 239 Å². The molecule has 5 N–H and O–H groups in total. The van der Waals surface area contributed by atoms with Crippen molar-refractivity contribution in [3.8, 4) is 23.0 Å². The van der Waals surface area contributed by atoms with E-state index in [0.29, 0.717) is 25.2 Å². The fourth-order valence-corrected chi connectivity index (χ4v) is 6.00. The molecule has 18 heteroatoms. The number of carboxylic acids is 1. The van der Waals surface area contributed by atoms with Gasteiger partial charge in [-0.1, -0.05) is 147 Å². The number of carbonyl (C=O) groups is 2. The monoisotopic (exact) mass is 1690 g/mol. The minimum atomic E-state index is -0.785. The number of hydrogen-bond acceptors (Lipinski definition) is 10. The van der Waals surface area contributed by atoms with Crippen LogP contribution in [0.2, 0.25) is 0 Å². The van der Waals surface area contributed by atoms with E-state index in [-0.39, 0.29) is 247 Å². The third-order valence-corrected chi connectivity index (χ3v) is 10.1. The third-order valence-electron chi connectivity index (χ3n) is 10.1. The maximum Gasteiger partial charge on any atom is 0.305 e. The Kier molecular flexibility index (Phi) is 115. The molecule has 0 heterocycles. The number of aryl methyl sites for hydroxylation is 8. The fourth-order valence-electron chi connectivity index (χ4n) is 6.00. The van der Waals surface area contributed by atoms with E-state index in [4.69, 9.17) is 30.2 Å². The van der Waals surface area contributed by atoms with Gasteiger partial charge in [-0.3, -0.25) is 4.79 Å². The van der Waals surface area contributed by atoms with Crippen molar-refractivity contribution in [1.29, 1.82) is 0 Å². The molecule has 6 aromatic carbocycles. The number of methoxy groups -OCH3 is 1. The van der Waals surface area contributed by atoms with Crippen molar-refractivity contribution < 1.29 is 246 Å². The summed E-state index contributed by atoms with van der Waals surface area (Å²) in [6.45, 7) is 32.9. The number of aliphatic carboxylic acids is 1. The number of carboxylic acid groups (broad SMARTS) is 1. The summed E-state index contributed by atoms with van der Waals surface area (Å²) in [7, 11) is 1.59. The molecule has 0 spiro atoms. The van der Waals surface area contributed by atoms with E-state index in [1.54, 1.807) is 49.2 Å². The summed E-state index contributed by atoms with van der Waals surface area (Å²) in [5.41, 5.74) is 13.1. The van der Waals surface area contributed by atoms with Gasteiger partial charge in [-0.25, -0.2) is 10.5 Å². The van der Waals surface area contributed by atoms with Crippen LogP contribution in [-0.2, 0) is 237 Å². The van der Waals surface area contributed by atoms with E-state index in [1.807, 2.05) is 127 Å². The molecule has 0 atom stereocenters. The molecule has 9 radical (unpaired) electrons. The molecule has 1 aliphatic rings. The van der Waals surface area contributed by atoms with Gasteiger partial charge in [-0.05, 0) is 31.8 Å². The Balaban J connectivity index is -0.0000000594. The van der Waals surface area contributed by atoms with Crippen LogP contribution in [0.1, 0.15) is 129 Å². The molecule has 0 unspecified atom stereocenters. The van der Waals surface area contributed by atoms with Crippen molar-refractivity contribution in [1.82, 2.24) is 0 Å². The van der Waals surface area contributed by atoms with Crippen molar-refractivity contribution in [3.63, 3.8) is 0 Å². The summed E-state index contributed by atoms with van der Waals surface area (Å²) >= 11 is 1.75. The second-order valence-corrected chi connectivity index (χ2v) is 17.9. The third kappa shape index (κ3) is 68.7. The number of aldehydes is 1. The average molecular weight is 1690 g/mol. The van der Waals surface area contributed by atoms with Crippen LogP contribution in [0.4, 0.5) is 0 Å². The number of ether oxygens (including phenoxy) is 2. The van der Waals surface area contributed by atoms with E-state index in [0.717, 1.165) is 80.7 Å². The van der Waals surface area contributed by atoms with Crippen LogP contribution < -0.4 is 9.47 Å². The molecule has 1 saturated carbocycles. The van der Waals surface area contributed by atoms with Crippen LogP contribution >= 0.6 is 11.8 Å². The molecule has 479 valence electrons. The summed E-state index contributed by atoms with van der Waals surface area (Å²) < 4.78 is 10.4. The van der Waals surface area contributed by atoms with Gasteiger partial charge < -0.3 is 29.6 Å². The molecular formula is C71H102BO10SY6-6. The first-order chi connectivity index (χ1) is 37.3. The van der Waals surface area contributed by atoms with Crippen molar-refractivity contribution in [2.45, 2.75) is 143 Å². The average Bonchev–Trinajstić information content (AvgIpc) is 4.30. The van der Waals surface area contributed by atoms with Gasteiger partial charge in [0.25, 0.3) is 0 Å². The minimum absolute atomic E-state index is 0. The van der Waals surface area contributed by atoms with Gasteiger partial charge in [0.05, 0.1) is 13.7 Å². The summed E-state index contributed by atoms with van der Waals surface area (Å²) in [5.74, 6) is 1.40. The first-order valence-electron chi connectivity index (χ1n) is 25.1. The van der Waals surface area contributed by atoms with Crippen LogP contribution in [0, 0.1) is 91.8 Å². The summed E-state index contributed by atoms with van der Waals surface area (Å²) in [5, 5.41) is 42.2. The van der Waals surface area contributed by atoms with Gasteiger partial charge in [0.2, 0.25) is 0 Å². The van der Waals surface area contributed by atoms with Gasteiger partial charge in [0.15, 0.2) is 0 Å². The molecule has 6 aromatic rings. The zero-order valence-electron chi connectivity index (χ0n) is 52.4. The number of carbonyl (C=O) groups excluding carboxylic acids is 1. The molecular weight excluding hydrogens is 1590 g/mol. The van der Waals surface area contributed by atoms with Crippen LogP contribution in [0.3, 0.4) is 0 Å². The molecule has 7 rings (SSSR count). The van der Waals surface area contributed by atoms with Crippen molar-refractivity contribution in [2.75, 3.05) is 26.2 Å². The number of rotatable bonds is 13. The largest absolute Gasteiger partial charge is 0.566 e. The number of hydrogen-bond donors (Lipinski definition) is 5. The Morgan fingerprint density at radius 3 is 1.20 bits per heavy atom. The predicted molar refractivity (Wildman–Crippen MR) is 357 cm³/mol. The Hall–Kier alpha value is -0.462. The molecule has 1 aliphatic carbocycles. The summed E-state index contributed by atoms with van der Waals surface area (Å²) in [6.07, 6.45) is 20.1. The fraction of sp³-hybridized carbons (Fsp3) is 0.352. The Morgan fingerprint density at radius 1 is 0.539 bits per heavy atom. The predicted octanol–water partition coefficient (Wildman–Crippen LogP) is 18.0. The first kappa shape index (κ1) is 122. The second-order valence-electron chi connectivity index (χ2n) is 17.1. The van der Waals surface area contributed by atoms with E-state index in [2.05, 4.69) is 88.5 Å². The van der Waals surface area contributed by atoms with Gasteiger partial charge in [0, 0.05) is 241 Å². The zero-order valence-corrected chi connectivity index (χ0v) is 70.2.